The van der Waals surface area contributed by atoms with Crippen molar-refractivity contribution in [2.45, 2.75) is 25.7 Å². The van der Waals surface area contributed by atoms with E-state index in [0.717, 1.165) is 0 Å². The molecule has 1 rings (SSSR count). The fourth-order valence-electron chi connectivity index (χ4n) is 1.76. The van der Waals surface area contributed by atoms with E-state index in [1.54, 1.807) is 4.90 Å². The Labute approximate surface area is 93.4 Å². The molecule has 6 nitrogen and oxygen atoms in total. The van der Waals surface area contributed by atoms with Crippen molar-refractivity contribution in [2.24, 2.45) is 11.7 Å². The van der Waals surface area contributed by atoms with Crippen LogP contribution in [0.3, 0.4) is 0 Å². The van der Waals surface area contributed by atoms with Crippen molar-refractivity contribution in [2.75, 3.05) is 13.1 Å². The average molecular weight is 228 g/mol. The van der Waals surface area contributed by atoms with E-state index in [2.05, 4.69) is 0 Å². The van der Waals surface area contributed by atoms with Crippen LogP contribution in [0.2, 0.25) is 0 Å². The van der Waals surface area contributed by atoms with Crippen LogP contribution in [-0.4, -0.2) is 40.9 Å². The fraction of sp³-hybridized carbons (Fsp3) is 0.700. The summed E-state index contributed by atoms with van der Waals surface area (Å²) in [7, 11) is 0. The third-order valence-corrected chi connectivity index (χ3v) is 2.66. The van der Waals surface area contributed by atoms with Crippen LogP contribution >= 0.6 is 0 Å². The summed E-state index contributed by atoms with van der Waals surface area (Å²) in [5, 5.41) is 8.75. The van der Waals surface area contributed by atoms with Crippen LogP contribution in [0.25, 0.3) is 0 Å². The Balaban J connectivity index is 2.25. The van der Waals surface area contributed by atoms with E-state index < -0.39 is 11.9 Å². The minimum absolute atomic E-state index is 0.0884. The summed E-state index contributed by atoms with van der Waals surface area (Å²) < 4.78 is 0. The highest BCUT2D eigenvalue weighted by atomic mass is 16.4. The van der Waals surface area contributed by atoms with Crippen LogP contribution in [0.4, 0.5) is 0 Å². The van der Waals surface area contributed by atoms with Crippen molar-refractivity contribution in [3.05, 3.63) is 0 Å². The molecule has 1 atom stereocenters. The zero-order valence-electron chi connectivity index (χ0n) is 9.02. The minimum atomic E-state index is -0.923. The van der Waals surface area contributed by atoms with Gasteiger partial charge in [0.05, 0.1) is 5.92 Å². The van der Waals surface area contributed by atoms with Crippen molar-refractivity contribution in [1.29, 1.82) is 0 Å². The lowest BCUT2D eigenvalue weighted by Gasteiger charge is -2.15. The summed E-state index contributed by atoms with van der Waals surface area (Å²) in [5.74, 6) is -1.97. The molecule has 0 radical (unpaired) electrons. The first-order chi connectivity index (χ1) is 7.50. The number of carbonyl (C=O) groups excluding carboxylic acids is 2. The maximum absolute atomic E-state index is 11.4. The number of primary amides is 1. The molecule has 0 bridgehead atoms. The van der Waals surface area contributed by atoms with Gasteiger partial charge in [0.2, 0.25) is 11.8 Å². The minimum Gasteiger partial charge on any atom is -0.481 e. The SMILES string of the molecule is NC(=O)CCCCN1CC(C(=O)O)CC1=O. The van der Waals surface area contributed by atoms with Crippen LogP contribution in [-0.2, 0) is 14.4 Å². The van der Waals surface area contributed by atoms with Gasteiger partial charge < -0.3 is 15.7 Å². The van der Waals surface area contributed by atoms with Crippen molar-refractivity contribution in [3.63, 3.8) is 0 Å². The Morgan fingerprint density at radius 2 is 2.12 bits per heavy atom. The Hall–Kier alpha value is -1.59. The molecule has 16 heavy (non-hydrogen) atoms. The molecule has 1 saturated heterocycles. The molecule has 0 aromatic heterocycles. The van der Waals surface area contributed by atoms with E-state index in [4.69, 9.17) is 10.8 Å². The van der Waals surface area contributed by atoms with Crippen LogP contribution in [0, 0.1) is 5.92 Å². The number of unbranched alkanes of at least 4 members (excludes halogenated alkanes) is 1. The molecule has 2 amide bonds. The molecule has 1 aliphatic rings. The van der Waals surface area contributed by atoms with Gasteiger partial charge in [-0.15, -0.1) is 0 Å². The van der Waals surface area contributed by atoms with E-state index in [9.17, 15) is 14.4 Å². The number of likely N-dealkylation sites (tertiary alicyclic amines) is 1. The molecular formula is C10H16N2O4. The summed E-state index contributed by atoms with van der Waals surface area (Å²) in [6, 6.07) is 0. The normalized spacial score (nSPS) is 20.1. The van der Waals surface area contributed by atoms with Crippen LogP contribution in [0.5, 0.6) is 0 Å². The van der Waals surface area contributed by atoms with Gasteiger partial charge in [0, 0.05) is 25.9 Å². The molecule has 0 aromatic rings. The van der Waals surface area contributed by atoms with Crippen LogP contribution in [0.15, 0.2) is 0 Å². The predicted octanol–water partition coefficient (Wildman–Crippen LogP) is -0.425. The third kappa shape index (κ3) is 3.52. The van der Waals surface area contributed by atoms with Gasteiger partial charge in [-0.2, -0.15) is 0 Å². The highest BCUT2D eigenvalue weighted by Crippen LogP contribution is 2.18. The van der Waals surface area contributed by atoms with Gasteiger partial charge >= 0.3 is 5.97 Å². The highest BCUT2D eigenvalue weighted by molar-refractivity contribution is 5.86. The first-order valence-corrected chi connectivity index (χ1v) is 5.29. The summed E-state index contributed by atoms with van der Waals surface area (Å²) in [5.41, 5.74) is 4.98. The Morgan fingerprint density at radius 3 is 2.62 bits per heavy atom. The van der Waals surface area contributed by atoms with Gasteiger partial charge in [-0.25, -0.2) is 0 Å². The lowest BCUT2D eigenvalue weighted by molar-refractivity contribution is -0.141. The Kier molecular flexibility index (Phi) is 4.28. The second-order valence-electron chi connectivity index (χ2n) is 4.00. The van der Waals surface area contributed by atoms with Crippen molar-refractivity contribution >= 4 is 17.8 Å². The average Bonchev–Trinajstić information content (AvgIpc) is 2.55. The van der Waals surface area contributed by atoms with E-state index in [0.29, 0.717) is 25.8 Å². The van der Waals surface area contributed by atoms with Gasteiger partial charge in [0.1, 0.15) is 0 Å². The van der Waals surface area contributed by atoms with Crippen LogP contribution < -0.4 is 5.73 Å². The van der Waals surface area contributed by atoms with Crippen molar-refractivity contribution in [3.8, 4) is 0 Å². The first kappa shape index (κ1) is 12.5. The molecule has 0 spiro atoms. The number of hydrogen-bond donors (Lipinski definition) is 2. The summed E-state index contributed by atoms with van der Waals surface area (Å²) >= 11 is 0. The van der Waals surface area contributed by atoms with Gasteiger partial charge in [0.15, 0.2) is 0 Å². The van der Waals surface area contributed by atoms with E-state index in [1.165, 1.54) is 0 Å². The number of carbonyl (C=O) groups is 3. The topological polar surface area (TPSA) is 101 Å². The lowest BCUT2D eigenvalue weighted by atomic mass is 10.1. The Morgan fingerprint density at radius 1 is 1.44 bits per heavy atom. The van der Waals surface area contributed by atoms with Gasteiger partial charge in [-0.05, 0) is 12.8 Å². The van der Waals surface area contributed by atoms with Gasteiger partial charge in [0.25, 0.3) is 0 Å². The summed E-state index contributed by atoms with van der Waals surface area (Å²) in [6.07, 6.45) is 1.72. The number of hydrogen-bond acceptors (Lipinski definition) is 3. The maximum atomic E-state index is 11.4. The van der Waals surface area contributed by atoms with E-state index in [-0.39, 0.29) is 24.8 Å². The van der Waals surface area contributed by atoms with Crippen molar-refractivity contribution in [1.82, 2.24) is 4.90 Å². The molecule has 0 aliphatic carbocycles. The molecule has 0 aromatic carbocycles. The molecule has 1 fully saturated rings. The number of rotatable bonds is 6. The third-order valence-electron chi connectivity index (χ3n) is 2.66. The zero-order chi connectivity index (χ0) is 12.1. The molecule has 3 N–H and O–H groups in total. The number of carboxylic acid groups (broad SMARTS) is 1. The van der Waals surface area contributed by atoms with Gasteiger partial charge in [-0.1, -0.05) is 0 Å². The summed E-state index contributed by atoms with van der Waals surface area (Å²) in [6.45, 7) is 0.792. The largest absolute Gasteiger partial charge is 0.481 e. The second kappa shape index (κ2) is 5.48. The van der Waals surface area contributed by atoms with Crippen LogP contribution in [0.1, 0.15) is 25.7 Å². The molecule has 1 unspecified atom stereocenters. The molecule has 1 heterocycles. The molecule has 6 heteroatoms. The van der Waals surface area contributed by atoms with E-state index in [1.807, 2.05) is 0 Å². The van der Waals surface area contributed by atoms with Crippen molar-refractivity contribution < 1.29 is 19.5 Å². The molecular weight excluding hydrogens is 212 g/mol. The molecule has 1 aliphatic heterocycles. The number of nitrogens with two attached hydrogens (primary N) is 1. The number of carboxylic acids is 1. The maximum Gasteiger partial charge on any atom is 0.308 e. The highest BCUT2D eigenvalue weighted by Gasteiger charge is 2.33. The second-order valence-corrected chi connectivity index (χ2v) is 4.00. The number of aliphatic carboxylic acids is 1. The standard InChI is InChI=1S/C10H16N2O4/c11-8(13)3-1-2-4-12-6-7(10(15)16)5-9(12)14/h7H,1-6H2,(H2,11,13)(H,15,16). The molecule has 90 valence electrons. The van der Waals surface area contributed by atoms with Gasteiger partial charge in [-0.3, -0.25) is 14.4 Å². The fourth-order valence-corrected chi connectivity index (χ4v) is 1.76. The molecule has 0 saturated carbocycles. The monoisotopic (exact) mass is 228 g/mol. The number of nitrogens with zero attached hydrogens (tertiary/aromatic N) is 1. The zero-order valence-corrected chi connectivity index (χ0v) is 9.02. The quantitative estimate of drug-likeness (QED) is 0.602. The van der Waals surface area contributed by atoms with E-state index >= 15 is 0 Å². The first-order valence-electron chi connectivity index (χ1n) is 5.29. The predicted molar refractivity (Wildman–Crippen MR) is 55.4 cm³/mol. The lowest BCUT2D eigenvalue weighted by Crippen LogP contribution is -2.27. The smallest absolute Gasteiger partial charge is 0.308 e. The number of amides is 2. The summed E-state index contributed by atoms with van der Waals surface area (Å²) in [4.78, 5) is 34.1. The Bertz CT molecular complexity index is 303.